The van der Waals surface area contributed by atoms with E-state index in [1.165, 1.54) is 17.7 Å². The van der Waals surface area contributed by atoms with Gasteiger partial charge in [0.2, 0.25) is 11.8 Å². The molecule has 4 nitrogen and oxygen atoms in total. The number of hydrogen-bond acceptors (Lipinski definition) is 3. The highest BCUT2D eigenvalue weighted by Crippen LogP contribution is 2.45. The number of aryl methyl sites for hydroxylation is 1. The fourth-order valence-corrected chi connectivity index (χ4v) is 3.65. The van der Waals surface area contributed by atoms with Gasteiger partial charge in [-0.2, -0.15) is 0 Å². The van der Waals surface area contributed by atoms with Gasteiger partial charge in [-0.3, -0.25) is 14.5 Å². The zero-order valence-corrected chi connectivity index (χ0v) is 12.5. The molecule has 1 aliphatic heterocycles. The minimum atomic E-state index is -0.442. The zero-order valence-electron chi connectivity index (χ0n) is 12.5. The van der Waals surface area contributed by atoms with Crippen LogP contribution in [-0.2, 0) is 9.59 Å². The number of anilines is 2. The molecule has 0 aromatic heterocycles. The molecule has 0 unspecified atom stereocenters. The number of nitrogens with zero attached hydrogens (tertiary/aromatic N) is 1. The summed E-state index contributed by atoms with van der Waals surface area (Å²) < 4.78 is 0. The molecule has 0 radical (unpaired) electrons. The molecule has 2 aliphatic rings. The summed E-state index contributed by atoms with van der Waals surface area (Å²) in [7, 11) is 0. The quantitative estimate of drug-likeness (QED) is 0.637. The first kappa shape index (κ1) is 14.1. The van der Waals surface area contributed by atoms with Crippen LogP contribution in [0.1, 0.15) is 50.5 Å². The fourth-order valence-electron chi connectivity index (χ4n) is 3.65. The molecule has 2 N–H and O–H groups in total. The SMILES string of the molecule is Cc1cc(N2C(=O)CC3(CCCCCC3)C2=O)ccc1N. The van der Waals surface area contributed by atoms with Crippen LogP contribution in [0.2, 0.25) is 0 Å². The Morgan fingerprint density at radius 3 is 2.38 bits per heavy atom. The number of imide groups is 1. The molecule has 1 saturated heterocycles. The molecule has 4 heteroatoms. The summed E-state index contributed by atoms with van der Waals surface area (Å²) in [6, 6.07) is 5.37. The number of carbonyl (C=O) groups is 2. The van der Waals surface area contributed by atoms with Crippen molar-refractivity contribution in [2.24, 2.45) is 5.41 Å². The molecule has 21 heavy (non-hydrogen) atoms. The normalized spacial score (nSPS) is 21.9. The van der Waals surface area contributed by atoms with Crippen LogP contribution in [0, 0.1) is 12.3 Å². The predicted molar refractivity (Wildman–Crippen MR) is 82.8 cm³/mol. The van der Waals surface area contributed by atoms with Gasteiger partial charge in [0.05, 0.1) is 11.1 Å². The first-order valence-electron chi connectivity index (χ1n) is 7.77. The van der Waals surface area contributed by atoms with E-state index in [1.54, 1.807) is 12.1 Å². The second kappa shape index (κ2) is 5.17. The standard InChI is InChI=1S/C17H22N2O2/c1-12-10-13(6-7-14(12)18)19-15(20)11-17(16(19)21)8-4-2-3-5-9-17/h6-7,10H,2-5,8-9,11,18H2,1H3. The van der Waals surface area contributed by atoms with Gasteiger partial charge in [0.1, 0.15) is 0 Å². The van der Waals surface area contributed by atoms with Crippen LogP contribution < -0.4 is 10.6 Å². The second-order valence-corrected chi connectivity index (χ2v) is 6.45. The van der Waals surface area contributed by atoms with E-state index in [0.717, 1.165) is 31.2 Å². The largest absolute Gasteiger partial charge is 0.399 e. The summed E-state index contributed by atoms with van der Waals surface area (Å²) in [5.74, 6) is -0.0651. The Morgan fingerprint density at radius 1 is 1.10 bits per heavy atom. The van der Waals surface area contributed by atoms with E-state index in [0.29, 0.717) is 17.8 Å². The third-order valence-electron chi connectivity index (χ3n) is 4.97. The van der Waals surface area contributed by atoms with Crippen LogP contribution in [0.5, 0.6) is 0 Å². The third-order valence-corrected chi connectivity index (χ3v) is 4.97. The van der Waals surface area contributed by atoms with E-state index in [-0.39, 0.29) is 11.8 Å². The third kappa shape index (κ3) is 2.33. The maximum absolute atomic E-state index is 12.9. The zero-order chi connectivity index (χ0) is 15.0. The first-order chi connectivity index (χ1) is 10.0. The van der Waals surface area contributed by atoms with Gasteiger partial charge in [0, 0.05) is 12.1 Å². The van der Waals surface area contributed by atoms with E-state index < -0.39 is 5.41 Å². The molecular weight excluding hydrogens is 264 g/mol. The average Bonchev–Trinajstić information content (AvgIpc) is 2.61. The van der Waals surface area contributed by atoms with E-state index in [4.69, 9.17) is 5.73 Å². The lowest BCUT2D eigenvalue weighted by molar-refractivity contribution is -0.126. The van der Waals surface area contributed by atoms with Crippen LogP contribution in [0.3, 0.4) is 0 Å². The van der Waals surface area contributed by atoms with Gasteiger partial charge in [0.15, 0.2) is 0 Å². The number of amides is 2. The van der Waals surface area contributed by atoms with Gasteiger partial charge in [-0.25, -0.2) is 0 Å². The highest BCUT2D eigenvalue weighted by atomic mass is 16.2. The molecule has 1 aromatic carbocycles. The van der Waals surface area contributed by atoms with Gasteiger partial charge in [-0.05, 0) is 43.5 Å². The Bertz CT molecular complexity index is 586. The van der Waals surface area contributed by atoms with Gasteiger partial charge < -0.3 is 5.73 Å². The molecule has 112 valence electrons. The summed E-state index contributed by atoms with van der Waals surface area (Å²) >= 11 is 0. The van der Waals surface area contributed by atoms with Crippen LogP contribution in [0.15, 0.2) is 18.2 Å². The van der Waals surface area contributed by atoms with Crippen molar-refractivity contribution in [3.8, 4) is 0 Å². The molecule has 1 heterocycles. The Hall–Kier alpha value is -1.84. The molecule has 0 bridgehead atoms. The topological polar surface area (TPSA) is 63.4 Å². The Labute approximate surface area is 125 Å². The molecule has 2 fully saturated rings. The van der Waals surface area contributed by atoms with E-state index in [9.17, 15) is 9.59 Å². The van der Waals surface area contributed by atoms with Crippen molar-refractivity contribution in [1.82, 2.24) is 0 Å². The number of benzene rings is 1. The summed E-state index contributed by atoms with van der Waals surface area (Å²) in [6.45, 7) is 1.89. The Kier molecular flexibility index (Phi) is 3.47. The summed E-state index contributed by atoms with van der Waals surface area (Å²) in [5, 5.41) is 0. The Morgan fingerprint density at radius 2 is 1.76 bits per heavy atom. The van der Waals surface area contributed by atoms with E-state index in [1.807, 2.05) is 13.0 Å². The lowest BCUT2D eigenvalue weighted by Gasteiger charge is -2.25. The molecule has 3 rings (SSSR count). The number of nitrogens with two attached hydrogens (primary N) is 1. The number of nitrogen functional groups attached to an aromatic ring is 1. The maximum Gasteiger partial charge on any atom is 0.240 e. The molecule has 2 amide bonds. The lowest BCUT2D eigenvalue weighted by Crippen LogP contribution is -2.35. The van der Waals surface area contributed by atoms with Crippen LogP contribution in [-0.4, -0.2) is 11.8 Å². The lowest BCUT2D eigenvalue weighted by atomic mass is 9.79. The van der Waals surface area contributed by atoms with Gasteiger partial charge in [-0.15, -0.1) is 0 Å². The predicted octanol–water partition coefficient (Wildman–Crippen LogP) is 3.18. The van der Waals surface area contributed by atoms with Crippen molar-refractivity contribution in [3.63, 3.8) is 0 Å². The molecule has 1 aliphatic carbocycles. The first-order valence-corrected chi connectivity index (χ1v) is 7.77. The molecule has 1 aromatic rings. The van der Waals surface area contributed by atoms with Crippen molar-refractivity contribution in [3.05, 3.63) is 23.8 Å². The maximum atomic E-state index is 12.9. The highest BCUT2D eigenvalue weighted by Gasteiger charge is 2.51. The van der Waals surface area contributed by atoms with E-state index in [2.05, 4.69) is 0 Å². The average molecular weight is 286 g/mol. The van der Waals surface area contributed by atoms with Crippen molar-refractivity contribution in [2.75, 3.05) is 10.6 Å². The molecular formula is C17H22N2O2. The highest BCUT2D eigenvalue weighted by molar-refractivity contribution is 6.22. The van der Waals surface area contributed by atoms with Gasteiger partial charge >= 0.3 is 0 Å². The summed E-state index contributed by atoms with van der Waals surface area (Å²) in [6.07, 6.45) is 6.51. The number of rotatable bonds is 1. The minimum absolute atomic E-state index is 0.00132. The van der Waals surface area contributed by atoms with Crippen molar-refractivity contribution < 1.29 is 9.59 Å². The van der Waals surface area contributed by atoms with Gasteiger partial charge in [-0.1, -0.05) is 25.7 Å². The van der Waals surface area contributed by atoms with Crippen LogP contribution >= 0.6 is 0 Å². The summed E-state index contributed by atoms with van der Waals surface area (Å²) in [4.78, 5) is 26.7. The molecule has 1 saturated carbocycles. The van der Waals surface area contributed by atoms with Crippen molar-refractivity contribution in [2.45, 2.75) is 51.9 Å². The molecule has 0 atom stereocenters. The molecule has 1 spiro atoms. The van der Waals surface area contributed by atoms with Crippen LogP contribution in [0.25, 0.3) is 0 Å². The van der Waals surface area contributed by atoms with Gasteiger partial charge in [0.25, 0.3) is 0 Å². The summed E-state index contributed by atoms with van der Waals surface area (Å²) in [5.41, 5.74) is 7.63. The Balaban J connectivity index is 1.94. The second-order valence-electron chi connectivity index (χ2n) is 6.45. The van der Waals surface area contributed by atoms with Crippen molar-refractivity contribution >= 4 is 23.2 Å². The monoisotopic (exact) mass is 286 g/mol. The van der Waals surface area contributed by atoms with Crippen LogP contribution in [0.4, 0.5) is 11.4 Å². The minimum Gasteiger partial charge on any atom is -0.399 e. The number of carbonyl (C=O) groups excluding carboxylic acids is 2. The smallest absolute Gasteiger partial charge is 0.240 e. The number of hydrogen-bond donors (Lipinski definition) is 1. The van der Waals surface area contributed by atoms with Crippen molar-refractivity contribution in [1.29, 1.82) is 0 Å². The van der Waals surface area contributed by atoms with E-state index >= 15 is 0 Å². The fraction of sp³-hybridized carbons (Fsp3) is 0.529.